The first-order valence-electron chi connectivity index (χ1n) is 6.93. The molecule has 0 amide bonds. The Bertz CT molecular complexity index is 659. The normalized spacial score (nSPS) is 14.2. The molecule has 0 radical (unpaired) electrons. The summed E-state index contributed by atoms with van der Waals surface area (Å²) in [6.07, 6.45) is 4.22. The Morgan fingerprint density at radius 2 is 2.14 bits per heavy atom. The fourth-order valence-electron chi connectivity index (χ4n) is 2.01. The van der Waals surface area contributed by atoms with Crippen LogP contribution in [0.25, 0.3) is 0 Å². The zero-order valence-corrected chi connectivity index (χ0v) is 13.3. The Morgan fingerprint density at radius 3 is 2.90 bits per heavy atom. The van der Waals surface area contributed by atoms with Crippen molar-refractivity contribution in [3.8, 4) is 11.5 Å². The summed E-state index contributed by atoms with van der Waals surface area (Å²) in [7, 11) is 0. The summed E-state index contributed by atoms with van der Waals surface area (Å²) in [5, 5.41) is 3.42. The summed E-state index contributed by atoms with van der Waals surface area (Å²) >= 11 is 3.33. The van der Waals surface area contributed by atoms with E-state index in [1.807, 2.05) is 13.0 Å². The first kappa shape index (κ1) is 14.5. The maximum atomic E-state index is 13.8. The Balaban J connectivity index is 1.85. The molecule has 0 spiro atoms. The van der Waals surface area contributed by atoms with Gasteiger partial charge in [-0.1, -0.05) is 15.9 Å². The minimum atomic E-state index is -0.381. The summed E-state index contributed by atoms with van der Waals surface area (Å²) in [6.45, 7) is 2.57. The smallest absolute Gasteiger partial charge is 0.165 e. The molecule has 0 bridgehead atoms. The third-order valence-electron chi connectivity index (χ3n) is 3.35. The number of hydrogen-bond acceptors (Lipinski definition) is 3. The lowest BCUT2D eigenvalue weighted by Crippen LogP contribution is -2.16. The molecule has 110 valence electrons. The van der Waals surface area contributed by atoms with Gasteiger partial charge in [0.05, 0.1) is 0 Å². The highest BCUT2D eigenvalue weighted by atomic mass is 79.9. The Morgan fingerprint density at radius 1 is 1.33 bits per heavy atom. The van der Waals surface area contributed by atoms with E-state index in [4.69, 9.17) is 4.74 Å². The zero-order valence-electron chi connectivity index (χ0n) is 11.7. The predicted octanol–water partition coefficient (Wildman–Crippen LogP) is 4.34. The van der Waals surface area contributed by atoms with Crippen LogP contribution in [-0.4, -0.2) is 11.0 Å². The van der Waals surface area contributed by atoms with Gasteiger partial charge < -0.3 is 10.1 Å². The van der Waals surface area contributed by atoms with Crippen molar-refractivity contribution in [1.82, 2.24) is 10.3 Å². The first-order chi connectivity index (χ1) is 10.1. The maximum absolute atomic E-state index is 13.8. The van der Waals surface area contributed by atoms with Crippen LogP contribution >= 0.6 is 15.9 Å². The second-order valence-electron chi connectivity index (χ2n) is 5.27. The van der Waals surface area contributed by atoms with Crippen LogP contribution in [0.3, 0.4) is 0 Å². The van der Waals surface area contributed by atoms with Crippen LogP contribution in [0.4, 0.5) is 4.39 Å². The molecule has 1 aliphatic carbocycles. The molecular weight excluding hydrogens is 335 g/mol. The molecule has 5 heteroatoms. The van der Waals surface area contributed by atoms with Gasteiger partial charge in [0.2, 0.25) is 0 Å². The zero-order chi connectivity index (χ0) is 14.8. The summed E-state index contributed by atoms with van der Waals surface area (Å²) in [4.78, 5) is 4.30. The molecule has 3 rings (SSSR count). The van der Waals surface area contributed by atoms with Crippen LogP contribution in [-0.2, 0) is 6.54 Å². The van der Waals surface area contributed by atoms with E-state index in [1.165, 1.54) is 18.9 Å². The lowest BCUT2D eigenvalue weighted by molar-refractivity contribution is 0.434. The van der Waals surface area contributed by atoms with Crippen molar-refractivity contribution >= 4 is 15.9 Å². The van der Waals surface area contributed by atoms with Crippen molar-refractivity contribution in [3.63, 3.8) is 0 Å². The number of halogens is 2. The third kappa shape index (κ3) is 3.80. The second kappa shape index (κ2) is 6.12. The van der Waals surface area contributed by atoms with Gasteiger partial charge >= 0.3 is 0 Å². The van der Waals surface area contributed by atoms with Crippen molar-refractivity contribution in [2.24, 2.45) is 0 Å². The number of benzene rings is 1. The van der Waals surface area contributed by atoms with E-state index in [0.717, 1.165) is 15.7 Å². The molecule has 0 unspecified atom stereocenters. The summed E-state index contributed by atoms with van der Waals surface area (Å²) in [5.41, 5.74) is 1.78. The number of aryl methyl sites for hydroxylation is 1. The number of nitrogens with zero attached hydrogens (tertiary/aromatic N) is 1. The molecule has 3 nitrogen and oxygen atoms in total. The maximum Gasteiger partial charge on any atom is 0.165 e. The first-order valence-corrected chi connectivity index (χ1v) is 7.73. The van der Waals surface area contributed by atoms with Gasteiger partial charge in [-0.3, -0.25) is 4.98 Å². The highest BCUT2D eigenvalue weighted by Crippen LogP contribution is 2.30. The van der Waals surface area contributed by atoms with E-state index in [1.54, 1.807) is 18.3 Å². The predicted molar refractivity (Wildman–Crippen MR) is 83.0 cm³/mol. The molecule has 1 heterocycles. The lowest BCUT2D eigenvalue weighted by atomic mass is 10.2. The second-order valence-corrected chi connectivity index (χ2v) is 6.18. The van der Waals surface area contributed by atoms with Crippen molar-refractivity contribution in [2.45, 2.75) is 32.4 Å². The number of rotatable bonds is 5. The van der Waals surface area contributed by atoms with Crippen LogP contribution in [0.1, 0.15) is 24.1 Å². The Labute approximate surface area is 131 Å². The average molecular weight is 351 g/mol. The van der Waals surface area contributed by atoms with Gasteiger partial charge in [0.1, 0.15) is 5.75 Å². The molecule has 2 aromatic rings. The Kier molecular flexibility index (Phi) is 4.22. The highest BCUT2D eigenvalue weighted by Gasteiger charge is 2.21. The van der Waals surface area contributed by atoms with Crippen LogP contribution in [0.5, 0.6) is 11.5 Å². The number of aromatic nitrogens is 1. The van der Waals surface area contributed by atoms with Crippen molar-refractivity contribution in [2.75, 3.05) is 0 Å². The van der Waals surface area contributed by atoms with E-state index >= 15 is 0 Å². The van der Waals surface area contributed by atoms with Crippen LogP contribution in [0.15, 0.2) is 34.9 Å². The van der Waals surface area contributed by atoms with Gasteiger partial charge in [-0.15, -0.1) is 0 Å². The molecular formula is C16H16BrFN2O. The summed E-state index contributed by atoms with van der Waals surface area (Å²) in [6, 6.07) is 7.10. The quantitative estimate of drug-likeness (QED) is 0.870. The van der Waals surface area contributed by atoms with Gasteiger partial charge in [-0.05, 0) is 38.0 Å². The fraction of sp³-hybridized carbons (Fsp3) is 0.312. The van der Waals surface area contributed by atoms with Crippen LogP contribution in [0.2, 0.25) is 0 Å². The standard InChI is InChI=1S/C16H16BrFN2O/c1-10-6-15(11(8-19-10)9-20-13-3-4-13)21-16-7-12(17)2-5-14(16)18/h2,5-8,13,20H,3-4,9H2,1H3. The summed E-state index contributed by atoms with van der Waals surface area (Å²) in [5.74, 6) is 0.476. The molecule has 1 N–H and O–H groups in total. The highest BCUT2D eigenvalue weighted by molar-refractivity contribution is 9.10. The minimum Gasteiger partial charge on any atom is -0.454 e. The van der Waals surface area contributed by atoms with Crippen molar-refractivity contribution in [3.05, 3.63) is 52.0 Å². The number of hydrogen-bond donors (Lipinski definition) is 1. The molecule has 21 heavy (non-hydrogen) atoms. The molecule has 1 fully saturated rings. The van der Waals surface area contributed by atoms with Gasteiger partial charge in [0.15, 0.2) is 11.6 Å². The van der Waals surface area contributed by atoms with Crippen LogP contribution in [0, 0.1) is 12.7 Å². The Hall–Kier alpha value is -1.46. The number of nitrogens with one attached hydrogen (secondary N) is 1. The van der Waals surface area contributed by atoms with Crippen LogP contribution < -0.4 is 10.1 Å². The van der Waals surface area contributed by atoms with E-state index in [0.29, 0.717) is 18.3 Å². The largest absolute Gasteiger partial charge is 0.454 e. The van der Waals surface area contributed by atoms with Gasteiger partial charge in [-0.25, -0.2) is 4.39 Å². The fourth-order valence-corrected chi connectivity index (χ4v) is 2.35. The number of pyridine rings is 1. The lowest BCUT2D eigenvalue weighted by Gasteiger charge is -2.13. The molecule has 0 atom stereocenters. The van der Waals surface area contributed by atoms with E-state index < -0.39 is 0 Å². The molecule has 0 saturated heterocycles. The van der Waals surface area contributed by atoms with E-state index in [-0.39, 0.29) is 11.6 Å². The molecule has 1 saturated carbocycles. The molecule has 1 aromatic heterocycles. The topological polar surface area (TPSA) is 34.1 Å². The molecule has 0 aliphatic heterocycles. The SMILES string of the molecule is Cc1cc(Oc2cc(Br)ccc2F)c(CNC2CC2)cn1. The van der Waals surface area contributed by atoms with Crippen molar-refractivity contribution < 1.29 is 9.13 Å². The van der Waals surface area contributed by atoms with Gasteiger partial charge in [-0.2, -0.15) is 0 Å². The monoisotopic (exact) mass is 350 g/mol. The van der Waals surface area contributed by atoms with E-state index in [2.05, 4.69) is 26.2 Å². The van der Waals surface area contributed by atoms with Gasteiger partial charge in [0, 0.05) is 40.6 Å². The molecule has 1 aromatic carbocycles. The third-order valence-corrected chi connectivity index (χ3v) is 3.85. The molecule has 1 aliphatic rings. The average Bonchev–Trinajstić information content (AvgIpc) is 3.26. The van der Waals surface area contributed by atoms with Gasteiger partial charge in [0.25, 0.3) is 0 Å². The van der Waals surface area contributed by atoms with Crippen molar-refractivity contribution in [1.29, 1.82) is 0 Å². The number of ether oxygens (including phenoxy) is 1. The van der Waals surface area contributed by atoms with E-state index in [9.17, 15) is 4.39 Å². The minimum absolute atomic E-state index is 0.211. The summed E-state index contributed by atoms with van der Waals surface area (Å²) < 4.78 is 20.4.